The molecule has 4 N–H and O–H groups in total. The van der Waals surface area contributed by atoms with Gasteiger partial charge in [0.25, 0.3) is 0 Å². The summed E-state index contributed by atoms with van der Waals surface area (Å²) in [6, 6.07) is 21.1. The third-order valence-corrected chi connectivity index (χ3v) is 16.2. The van der Waals surface area contributed by atoms with E-state index in [2.05, 4.69) is 58.9 Å². The van der Waals surface area contributed by atoms with Gasteiger partial charge in [-0.2, -0.15) is 0 Å². The van der Waals surface area contributed by atoms with Crippen LogP contribution in [-0.2, 0) is 0 Å². The lowest BCUT2D eigenvalue weighted by atomic mass is 9.44. The summed E-state index contributed by atoms with van der Waals surface area (Å²) in [5.41, 5.74) is 15.6. The van der Waals surface area contributed by atoms with Gasteiger partial charge in [0.05, 0.1) is 25.0 Å². The minimum atomic E-state index is -0.0215. The van der Waals surface area contributed by atoms with Crippen molar-refractivity contribution in [3.8, 4) is 17.2 Å². The van der Waals surface area contributed by atoms with Gasteiger partial charge in [0.2, 0.25) is 0 Å². The Hall–Kier alpha value is -3.93. The second kappa shape index (κ2) is 19.8. The standard InChI is InChI=1S/C54H76N2O4/c1-37(2)11-10-12-38(3)47-25-26-48-46-24-18-41-35-45(29-31-53(41,4)49(46)30-32-54(47,48)5)60-44-20-13-39(14-21-44)15-27-51(57)40-16-22-43(23-17-40)58-33-8-6-7-9-34-59-52-28-19-42(55)36-50(52)56/h13-17,19-23,27-28,36-38,41,45-49H,6-12,18,24-26,29-35,55-56H2,1-5H3/t38-,41?,45?,46?,47-,48?,49?,53+,54-/m1/s1. The van der Waals surface area contributed by atoms with Crippen LogP contribution in [0.2, 0.25) is 0 Å². The quantitative estimate of drug-likeness (QED) is 0.0541. The van der Waals surface area contributed by atoms with Gasteiger partial charge in [-0.05, 0) is 202 Å². The maximum Gasteiger partial charge on any atom is 0.185 e. The molecule has 0 bridgehead atoms. The first kappa shape index (κ1) is 44.1. The lowest BCUT2D eigenvalue weighted by molar-refractivity contribution is -0.126. The highest BCUT2D eigenvalue weighted by Gasteiger charge is 2.60. The number of fused-ring (bicyclic) bond motifs is 5. The number of hydrogen-bond donors (Lipinski definition) is 2. The van der Waals surface area contributed by atoms with Crippen molar-refractivity contribution in [2.24, 2.45) is 52.3 Å². The van der Waals surface area contributed by atoms with E-state index in [-0.39, 0.29) is 5.78 Å². The predicted molar refractivity (Wildman–Crippen MR) is 248 cm³/mol. The summed E-state index contributed by atoms with van der Waals surface area (Å²) in [5.74, 6) is 8.56. The molecule has 60 heavy (non-hydrogen) atoms. The molecule has 4 saturated carbocycles. The average Bonchev–Trinajstić information content (AvgIpc) is 3.59. The number of hydrogen-bond acceptors (Lipinski definition) is 6. The van der Waals surface area contributed by atoms with Crippen molar-refractivity contribution in [3.63, 3.8) is 0 Å². The Kier molecular flexibility index (Phi) is 14.6. The molecule has 3 aromatic carbocycles. The van der Waals surface area contributed by atoms with Crippen LogP contribution in [0.1, 0.15) is 153 Å². The van der Waals surface area contributed by atoms with Gasteiger partial charge < -0.3 is 25.7 Å². The van der Waals surface area contributed by atoms with Crippen LogP contribution < -0.4 is 25.7 Å². The summed E-state index contributed by atoms with van der Waals surface area (Å²) in [7, 11) is 0. The fourth-order valence-electron chi connectivity index (χ4n) is 12.8. The van der Waals surface area contributed by atoms with Crippen LogP contribution in [0.3, 0.4) is 0 Å². The van der Waals surface area contributed by atoms with E-state index in [0.717, 1.165) is 90.6 Å². The maximum absolute atomic E-state index is 13.0. The molecule has 3 aromatic rings. The smallest absolute Gasteiger partial charge is 0.185 e. The molecular weight excluding hydrogens is 741 g/mol. The Morgan fingerprint density at radius 2 is 1.43 bits per heavy atom. The number of ether oxygens (including phenoxy) is 3. The summed E-state index contributed by atoms with van der Waals surface area (Å²) in [5, 5.41) is 0. The van der Waals surface area contributed by atoms with Crippen LogP contribution >= 0.6 is 0 Å². The molecule has 4 aliphatic carbocycles. The summed E-state index contributed by atoms with van der Waals surface area (Å²) < 4.78 is 18.4. The van der Waals surface area contributed by atoms with Crippen molar-refractivity contribution in [1.29, 1.82) is 0 Å². The molecule has 0 amide bonds. The molecule has 0 heterocycles. The molecule has 0 saturated heterocycles. The number of ketones is 1. The SMILES string of the molecule is CC(C)CCC[C@@H](C)[C@H]1CCC2C3CCC4CC(Oc5ccc(C=CC(=O)c6ccc(OCCCCCCOc7ccc(N)cc7N)cc6)cc5)CC[C@]4(C)C3CC[C@@]21C. The average molecular weight is 817 g/mol. The van der Waals surface area contributed by atoms with E-state index < -0.39 is 0 Å². The largest absolute Gasteiger partial charge is 0.494 e. The predicted octanol–water partition coefficient (Wildman–Crippen LogP) is 13.6. The normalized spacial score (nSPS) is 29.1. The molecule has 6 heteroatoms. The number of unbranched alkanes of at least 4 members (excludes halogenated alkanes) is 3. The second-order valence-electron chi connectivity index (χ2n) is 20.4. The van der Waals surface area contributed by atoms with Crippen LogP contribution in [0.15, 0.2) is 72.8 Å². The minimum Gasteiger partial charge on any atom is -0.494 e. The Morgan fingerprint density at radius 3 is 2.17 bits per heavy atom. The Morgan fingerprint density at radius 1 is 0.733 bits per heavy atom. The van der Waals surface area contributed by atoms with Gasteiger partial charge >= 0.3 is 0 Å². The fraction of sp³-hybridized carbons (Fsp3) is 0.611. The first-order chi connectivity index (χ1) is 28.9. The zero-order chi connectivity index (χ0) is 42.3. The lowest BCUT2D eigenvalue weighted by Gasteiger charge is -2.61. The number of anilines is 2. The van der Waals surface area contributed by atoms with E-state index in [9.17, 15) is 4.79 Å². The van der Waals surface area contributed by atoms with E-state index in [0.29, 0.717) is 52.8 Å². The minimum absolute atomic E-state index is 0.0215. The number of benzene rings is 3. The third kappa shape index (κ3) is 10.4. The number of carbonyl (C=O) groups excluding carboxylic acids is 1. The van der Waals surface area contributed by atoms with E-state index in [1.165, 1.54) is 70.6 Å². The molecule has 0 aliphatic heterocycles. The van der Waals surface area contributed by atoms with Gasteiger partial charge in [0.15, 0.2) is 5.78 Å². The number of allylic oxidation sites excluding steroid dienone is 1. The molecule has 4 fully saturated rings. The van der Waals surface area contributed by atoms with Gasteiger partial charge in [0, 0.05) is 11.3 Å². The molecule has 0 aromatic heterocycles. The highest BCUT2D eigenvalue weighted by atomic mass is 16.5. The van der Waals surface area contributed by atoms with E-state index >= 15 is 0 Å². The van der Waals surface area contributed by atoms with Crippen molar-refractivity contribution < 1.29 is 19.0 Å². The van der Waals surface area contributed by atoms with Crippen LogP contribution in [0.4, 0.5) is 11.4 Å². The molecule has 9 atom stereocenters. The van der Waals surface area contributed by atoms with Crippen molar-refractivity contribution in [2.45, 2.75) is 143 Å². The molecule has 7 rings (SSSR count). The van der Waals surface area contributed by atoms with Crippen LogP contribution in [0.25, 0.3) is 6.08 Å². The zero-order valence-electron chi connectivity index (χ0n) is 37.6. The highest BCUT2D eigenvalue weighted by Crippen LogP contribution is 2.68. The maximum atomic E-state index is 13.0. The van der Waals surface area contributed by atoms with E-state index in [1.807, 2.05) is 36.4 Å². The van der Waals surface area contributed by atoms with Crippen molar-refractivity contribution >= 4 is 23.2 Å². The van der Waals surface area contributed by atoms with Crippen LogP contribution in [-0.4, -0.2) is 25.1 Å². The number of carbonyl (C=O) groups is 1. The number of nitrogen functional groups attached to an aromatic ring is 2. The van der Waals surface area contributed by atoms with Crippen molar-refractivity contribution in [2.75, 3.05) is 24.7 Å². The Bertz CT molecular complexity index is 1870. The van der Waals surface area contributed by atoms with Crippen LogP contribution in [0, 0.1) is 52.3 Å². The summed E-state index contributed by atoms with van der Waals surface area (Å²) in [4.78, 5) is 13.0. The van der Waals surface area contributed by atoms with Crippen molar-refractivity contribution in [3.05, 3.63) is 83.9 Å². The lowest BCUT2D eigenvalue weighted by Crippen LogP contribution is -2.54. The molecule has 0 spiro atoms. The molecule has 326 valence electrons. The first-order valence-corrected chi connectivity index (χ1v) is 23.9. The molecule has 5 unspecified atom stereocenters. The van der Waals surface area contributed by atoms with Gasteiger partial charge in [-0.1, -0.05) is 72.1 Å². The highest BCUT2D eigenvalue weighted by molar-refractivity contribution is 6.06. The monoisotopic (exact) mass is 817 g/mol. The number of rotatable bonds is 19. The van der Waals surface area contributed by atoms with Gasteiger partial charge in [-0.3, -0.25) is 4.79 Å². The zero-order valence-corrected chi connectivity index (χ0v) is 37.6. The van der Waals surface area contributed by atoms with Gasteiger partial charge in [0.1, 0.15) is 17.2 Å². The molecule has 0 radical (unpaired) electrons. The van der Waals surface area contributed by atoms with E-state index in [4.69, 9.17) is 25.7 Å². The van der Waals surface area contributed by atoms with Gasteiger partial charge in [-0.25, -0.2) is 0 Å². The Balaban J connectivity index is 0.810. The second-order valence-corrected chi connectivity index (χ2v) is 20.4. The van der Waals surface area contributed by atoms with Crippen LogP contribution in [0.5, 0.6) is 17.2 Å². The van der Waals surface area contributed by atoms with E-state index in [1.54, 1.807) is 18.2 Å². The molecular formula is C54H76N2O4. The molecule has 6 nitrogen and oxygen atoms in total. The van der Waals surface area contributed by atoms with Gasteiger partial charge in [-0.15, -0.1) is 0 Å². The summed E-state index contributed by atoms with van der Waals surface area (Å²) >= 11 is 0. The summed E-state index contributed by atoms with van der Waals surface area (Å²) in [6.45, 7) is 14.0. The fourth-order valence-corrected chi connectivity index (χ4v) is 12.8. The first-order valence-electron chi connectivity index (χ1n) is 23.9. The number of nitrogens with two attached hydrogens (primary N) is 2. The summed E-state index contributed by atoms with van der Waals surface area (Å²) in [6.07, 6.45) is 24.4. The Labute approximate surface area is 362 Å². The topological polar surface area (TPSA) is 96.8 Å². The molecule has 4 aliphatic rings. The van der Waals surface area contributed by atoms with Crippen molar-refractivity contribution in [1.82, 2.24) is 0 Å². The third-order valence-electron chi connectivity index (χ3n) is 16.2.